The van der Waals surface area contributed by atoms with Crippen LogP contribution in [0.25, 0.3) is 0 Å². The molecule has 3 rings (SSSR count). The Morgan fingerprint density at radius 1 is 1.08 bits per heavy atom. The maximum atomic E-state index is 12.8. The first kappa shape index (κ1) is 18.6. The predicted molar refractivity (Wildman–Crippen MR) is 109 cm³/mol. The maximum absolute atomic E-state index is 12.8. The lowest BCUT2D eigenvalue weighted by Gasteiger charge is -2.32. The number of carbonyl (C=O) groups excluding carboxylic acids is 1. The molecule has 1 fully saturated rings. The van der Waals surface area contributed by atoms with E-state index < -0.39 is 6.04 Å². The van der Waals surface area contributed by atoms with Gasteiger partial charge in [0.2, 0.25) is 5.91 Å². The van der Waals surface area contributed by atoms with E-state index in [2.05, 4.69) is 16.3 Å². The molecular formula is C21H26ClN3O. The molecule has 1 atom stereocenters. The zero-order chi connectivity index (χ0) is 18.5. The van der Waals surface area contributed by atoms with Gasteiger partial charge >= 0.3 is 0 Å². The lowest BCUT2D eigenvalue weighted by Crippen LogP contribution is -2.34. The van der Waals surface area contributed by atoms with Crippen LogP contribution in [0.3, 0.4) is 0 Å². The molecule has 0 aromatic heterocycles. The SMILES string of the molecule is CN(C)C(=O)[C@H](Nc1cc(Cl)ccc1N1CCCCC1)c1ccccc1. The minimum Gasteiger partial charge on any atom is -0.370 e. The molecule has 0 saturated carbocycles. The Bertz CT molecular complexity index is 742. The number of nitrogens with zero attached hydrogens (tertiary/aromatic N) is 2. The average molecular weight is 372 g/mol. The van der Waals surface area contributed by atoms with Gasteiger partial charge in [-0.1, -0.05) is 41.9 Å². The fraction of sp³-hybridized carbons (Fsp3) is 0.381. The van der Waals surface area contributed by atoms with Gasteiger partial charge in [0.25, 0.3) is 0 Å². The summed E-state index contributed by atoms with van der Waals surface area (Å²) in [7, 11) is 3.56. The molecule has 26 heavy (non-hydrogen) atoms. The first-order valence-electron chi connectivity index (χ1n) is 9.13. The van der Waals surface area contributed by atoms with Crippen LogP contribution < -0.4 is 10.2 Å². The zero-order valence-corrected chi connectivity index (χ0v) is 16.2. The molecule has 2 aromatic rings. The van der Waals surface area contributed by atoms with Crippen molar-refractivity contribution >= 4 is 28.9 Å². The van der Waals surface area contributed by atoms with E-state index in [1.807, 2.05) is 42.5 Å². The summed E-state index contributed by atoms with van der Waals surface area (Å²) in [5.41, 5.74) is 2.96. The number of nitrogens with one attached hydrogen (secondary N) is 1. The summed E-state index contributed by atoms with van der Waals surface area (Å²) >= 11 is 6.27. The van der Waals surface area contributed by atoms with Gasteiger partial charge in [-0.2, -0.15) is 0 Å². The highest BCUT2D eigenvalue weighted by molar-refractivity contribution is 6.31. The van der Waals surface area contributed by atoms with Gasteiger partial charge < -0.3 is 15.1 Å². The summed E-state index contributed by atoms with van der Waals surface area (Å²) < 4.78 is 0. The van der Waals surface area contributed by atoms with Crippen LogP contribution in [0.5, 0.6) is 0 Å². The van der Waals surface area contributed by atoms with Crippen molar-refractivity contribution in [2.24, 2.45) is 0 Å². The van der Waals surface area contributed by atoms with Crippen LogP contribution in [0.2, 0.25) is 5.02 Å². The van der Waals surface area contributed by atoms with E-state index in [1.54, 1.807) is 19.0 Å². The average Bonchev–Trinajstić information content (AvgIpc) is 2.67. The van der Waals surface area contributed by atoms with Crippen molar-refractivity contribution in [1.29, 1.82) is 0 Å². The Morgan fingerprint density at radius 3 is 2.42 bits per heavy atom. The van der Waals surface area contributed by atoms with Crippen LogP contribution in [-0.2, 0) is 4.79 Å². The minimum absolute atomic E-state index is 0.0146. The van der Waals surface area contributed by atoms with Crippen LogP contribution in [0.15, 0.2) is 48.5 Å². The molecule has 4 nitrogen and oxygen atoms in total. The molecule has 2 aromatic carbocycles. The molecule has 0 unspecified atom stereocenters. The number of anilines is 2. The summed E-state index contributed by atoms with van der Waals surface area (Å²) in [4.78, 5) is 16.8. The first-order chi connectivity index (χ1) is 12.6. The summed E-state index contributed by atoms with van der Waals surface area (Å²) in [5, 5.41) is 4.13. The Hall–Kier alpha value is -2.20. The van der Waals surface area contributed by atoms with Gasteiger partial charge in [0, 0.05) is 32.2 Å². The topological polar surface area (TPSA) is 35.6 Å². The number of carbonyl (C=O) groups is 1. The molecule has 1 saturated heterocycles. The number of rotatable bonds is 5. The maximum Gasteiger partial charge on any atom is 0.249 e. The second-order valence-electron chi connectivity index (χ2n) is 6.93. The van der Waals surface area contributed by atoms with Crippen LogP contribution in [-0.4, -0.2) is 38.0 Å². The predicted octanol–water partition coefficient (Wildman–Crippen LogP) is 4.57. The van der Waals surface area contributed by atoms with Crippen molar-refractivity contribution in [2.45, 2.75) is 25.3 Å². The minimum atomic E-state index is -0.451. The van der Waals surface area contributed by atoms with Crippen molar-refractivity contribution < 1.29 is 4.79 Å². The molecule has 5 heteroatoms. The highest BCUT2D eigenvalue weighted by Crippen LogP contribution is 2.34. The third kappa shape index (κ3) is 4.31. The number of amides is 1. The van der Waals surface area contributed by atoms with Crippen molar-refractivity contribution in [3.63, 3.8) is 0 Å². The monoisotopic (exact) mass is 371 g/mol. The molecule has 138 valence electrons. The fourth-order valence-electron chi connectivity index (χ4n) is 3.38. The number of piperidine rings is 1. The van der Waals surface area contributed by atoms with Crippen LogP contribution in [0.1, 0.15) is 30.9 Å². The van der Waals surface area contributed by atoms with Crippen molar-refractivity contribution in [3.05, 3.63) is 59.1 Å². The van der Waals surface area contributed by atoms with E-state index in [0.717, 1.165) is 30.0 Å². The van der Waals surface area contributed by atoms with E-state index in [1.165, 1.54) is 19.3 Å². The number of benzene rings is 2. The molecule has 1 aliphatic rings. The smallest absolute Gasteiger partial charge is 0.249 e. The molecule has 1 heterocycles. The molecule has 0 aliphatic carbocycles. The molecule has 0 spiro atoms. The zero-order valence-electron chi connectivity index (χ0n) is 15.4. The highest BCUT2D eigenvalue weighted by Gasteiger charge is 2.24. The van der Waals surface area contributed by atoms with E-state index in [0.29, 0.717) is 5.02 Å². The number of hydrogen-bond acceptors (Lipinski definition) is 3. The third-order valence-corrected chi connectivity index (χ3v) is 5.01. The van der Waals surface area contributed by atoms with Gasteiger partial charge in [-0.3, -0.25) is 4.79 Å². The highest BCUT2D eigenvalue weighted by atomic mass is 35.5. The van der Waals surface area contributed by atoms with Gasteiger partial charge in [0.1, 0.15) is 6.04 Å². The molecule has 0 bridgehead atoms. The largest absolute Gasteiger partial charge is 0.370 e. The van der Waals surface area contributed by atoms with Gasteiger partial charge in [0.05, 0.1) is 11.4 Å². The number of likely N-dealkylation sites (N-methyl/N-ethyl adjacent to an activating group) is 1. The number of hydrogen-bond donors (Lipinski definition) is 1. The van der Waals surface area contributed by atoms with Gasteiger partial charge in [-0.25, -0.2) is 0 Å². The van der Waals surface area contributed by atoms with E-state index in [4.69, 9.17) is 11.6 Å². The summed E-state index contributed by atoms with van der Waals surface area (Å²) in [5.74, 6) is 0.0146. The number of halogens is 1. The second-order valence-corrected chi connectivity index (χ2v) is 7.37. The summed E-state index contributed by atoms with van der Waals surface area (Å²) in [6.45, 7) is 2.07. The summed E-state index contributed by atoms with van der Waals surface area (Å²) in [6.07, 6.45) is 3.67. The normalized spacial score (nSPS) is 15.4. The van der Waals surface area contributed by atoms with E-state index >= 15 is 0 Å². The van der Waals surface area contributed by atoms with Crippen molar-refractivity contribution in [3.8, 4) is 0 Å². The lowest BCUT2D eigenvalue weighted by molar-refractivity contribution is -0.129. The molecule has 1 aliphatic heterocycles. The van der Waals surface area contributed by atoms with Crippen molar-refractivity contribution in [2.75, 3.05) is 37.4 Å². The van der Waals surface area contributed by atoms with Crippen LogP contribution >= 0.6 is 11.6 Å². The lowest BCUT2D eigenvalue weighted by atomic mass is 10.0. The van der Waals surface area contributed by atoms with Crippen LogP contribution in [0, 0.1) is 0 Å². The van der Waals surface area contributed by atoms with Gasteiger partial charge in [-0.15, -0.1) is 0 Å². The molecular weight excluding hydrogens is 346 g/mol. The van der Waals surface area contributed by atoms with Crippen molar-refractivity contribution in [1.82, 2.24) is 4.90 Å². The first-order valence-corrected chi connectivity index (χ1v) is 9.51. The molecule has 0 radical (unpaired) electrons. The second kappa shape index (κ2) is 8.45. The summed E-state index contributed by atoms with van der Waals surface area (Å²) in [6, 6.07) is 15.3. The van der Waals surface area contributed by atoms with E-state index in [-0.39, 0.29) is 5.91 Å². The standard InChI is InChI=1S/C21H26ClN3O/c1-24(2)21(26)20(16-9-5-3-6-10-16)23-18-15-17(22)11-12-19(18)25-13-7-4-8-14-25/h3,5-6,9-12,15,20,23H,4,7-8,13-14H2,1-2H3/t20-/m1/s1. The fourth-order valence-corrected chi connectivity index (χ4v) is 3.55. The molecule has 1 amide bonds. The van der Waals surface area contributed by atoms with Gasteiger partial charge in [0.15, 0.2) is 0 Å². The Morgan fingerprint density at radius 2 is 1.77 bits per heavy atom. The van der Waals surface area contributed by atoms with Crippen LogP contribution in [0.4, 0.5) is 11.4 Å². The molecule has 1 N–H and O–H groups in total. The Labute approximate surface area is 160 Å². The van der Waals surface area contributed by atoms with E-state index in [9.17, 15) is 4.79 Å². The Balaban J connectivity index is 1.95. The van der Waals surface area contributed by atoms with Gasteiger partial charge in [-0.05, 0) is 43.0 Å². The third-order valence-electron chi connectivity index (χ3n) is 4.78. The Kier molecular flexibility index (Phi) is 6.04. The quantitative estimate of drug-likeness (QED) is 0.836.